The standard InChI is InChI=1S/C21H23F3O2/c1-2-3-4-5-15-6-8-16(9-7-15)17-10-12-19-18(14-17)11-13-20(25-19)26-21(22,23)24/h6-10,12,14,20H,2-5,11,13H2,1H3. The predicted octanol–water partition coefficient (Wildman–Crippen LogP) is 6.27. The summed E-state index contributed by atoms with van der Waals surface area (Å²) in [5.41, 5.74) is 4.38. The van der Waals surface area contributed by atoms with Crippen LogP contribution in [0.4, 0.5) is 13.2 Å². The highest BCUT2D eigenvalue weighted by Gasteiger charge is 2.36. The van der Waals surface area contributed by atoms with Crippen molar-refractivity contribution in [2.24, 2.45) is 0 Å². The number of unbranched alkanes of at least 4 members (excludes halogenated alkanes) is 2. The number of alkyl halides is 3. The first-order valence-corrected chi connectivity index (χ1v) is 9.08. The van der Waals surface area contributed by atoms with Crippen molar-refractivity contribution in [3.05, 3.63) is 53.6 Å². The van der Waals surface area contributed by atoms with Gasteiger partial charge in [-0.1, -0.05) is 50.1 Å². The summed E-state index contributed by atoms with van der Waals surface area (Å²) in [6.45, 7) is 2.19. The summed E-state index contributed by atoms with van der Waals surface area (Å²) in [5, 5.41) is 0. The second-order valence-electron chi connectivity index (χ2n) is 6.63. The molecule has 3 rings (SSSR count). The van der Waals surface area contributed by atoms with Gasteiger partial charge in [-0.25, -0.2) is 0 Å². The first-order chi connectivity index (χ1) is 12.4. The number of hydrogen-bond donors (Lipinski definition) is 0. The summed E-state index contributed by atoms with van der Waals surface area (Å²) in [6.07, 6.45) is -0.516. The van der Waals surface area contributed by atoms with Crippen LogP contribution in [0.1, 0.15) is 43.7 Å². The molecular formula is C21H23F3O2. The average Bonchev–Trinajstić information content (AvgIpc) is 2.61. The van der Waals surface area contributed by atoms with Crippen molar-refractivity contribution in [3.8, 4) is 16.9 Å². The van der Waals surface area contributed by atoms with Crippen LogP contribution in [0.25, 0.3) is 11.1 Å². The molecule has 0 saturated heterocycles. The molecule has 0 aliphatic carbocycles. The van der Waals surface area contributed by atoms with E-state index in [4.69, 9.17) is 4.74 Å². The van der Waals surface area contributed by atoms with Crippen molar-refractivity contribution in [1.29, 1.82) is 0 Å². The Labute approximate surface area is 151 Å². The third kappa shape index (κ3) is 5.01. The third-order valence-corrected chi connectivity index (χ3v) is 4.59. The van der Waals surface area contributed by atoms with E-state index in [1.807, 2.05) is 12.1 Å². The molecule has 2 aromatic carbocycles. The van der Waals surface area contributed by atoms with E-state index in [0.717, 1.165) is 23.1 Å². The lowest BCUT2D eigenvalue weighted by Gasteiger charge is -2.26. The van der Waals surface area contributed by atoms with E-state index in [2.05, 4.69) is 35.9 Å². The number of aryl methyl sites for hydroxylation is 2. The summed E-state index contributed by atoms with van der Waals surface area (Å²) >= 11 is 0. The SMILES string of the molecule is CCCCCc1ccc(-c2ccc3c(c2)CCC(OC(F)(F)F)O3)cc1. The second kappa shape index (κ2) is 8.12. The Morgan fingerprint density at radius 2 is 1.77 bits per heavy atom. The Bertz CT molecular complexity index is 723. The van der Waals surface area contributed by atoms with Crippen LogP contribution in [0.5, 0.6) is 5.75 Å². The molecule has 0 amide bonds. The molecule has 0 aromatic heterocycles. The van der Waals surface area contributed by atoms with Crippen LogP contribution < -0.4 is 4.74 Å². The minimum atomic E-state index is -4.68. The quantitative estimate of drug-likeness (QED) is 0.562. The molecule has 0 radical (unpaired) electrons. The van der Waals surface area contributed by atoms with Gasteiger partial charge < -0.3 is 4.74 Å². The Balaban J connectivity index is 1.68. The second-order valence-corrected chi connectivity index (χ2v) is 6.63. The highest BCUT2D eigenvalue weighted by Crippen LogP contribution is 2.34. The fraction of sp³-hybridized carbons (Fsp3) is 0.429. The number of rotatable bonds is 6. The summed E-state index contributed by atoms with van der Waals surface area (Å²) in [4.78, 5) is 0. The molecule has 0 fully saturated rings. The molecular weight excluding hydrogens is 341 g/mol. The van der Waals surface area contributed by atoms with Gasteiger partial charge in [-0.2, -0.15) is 0 Å². The molecule has 26 heavy (non-hydrogen) atoms. The van der Waals surface area contributed by atoms with Gasteiger partial charge in [0.1, 0.15) is 5.75 Å². The monoisotopic (exact) mass is 364 g/mol. The van der Waals surface area contributed by atoms with Gasteiger partial charge in [-0.3, -0.25) is 4.74 Å². The number of ether oxygens (including phenoxy) is 2. The topological polar surface area (TPSA) is 18.5 Å². The smallest absolute Gasteiger partial charge is 0.464 e. The molecule has 5 heteroatoms. The van der Waals surface area contributed by atoms with Crippen molar-refractivity contribution < 1.29 is 22.6 Å². The van der Waals surface area contributed by atoms with Crippen molar-refractivity contribution in [2.75, 3.05) is 0 Å². The lowest BCUT2D eigenvalue weighted by Crippen LogP contribution is -2.31. The largest absolute Gasteiger partial charge is 0.525 e. The maximum atomic E-state index is 12.3. The van der Waals surface area contributed by atoms with Gasteiger partial charge in [0.15, 0.2) is 0 Å². The highest BCUT2D eigenvalue weighted by atomic mass is 19.4. The normalized spacial score (nSPS) is 16.8. The Morgan fingerprint density at radius 3 is 2.46 bits per heavy atom. The van der Waals surface area contributed by atoms with Crippen LogP contribution in [0.15, 0.2) is 42.5 Å². The summed E-state index contributed by atoms with van der Waals surface area (Å²) in [7, 11) is 0. The van der Waals surface area contributed by atoms with Crippen LogP contribution in [0.2, 0.25) is 0 Å². The maximum Gasteiger partial charge on any atom is 0.525 e. The van der Waals surface area contributed by atoms with E-state index >= 15 is 0 Å². The van der Waals surface area contributed by atoms with Gasteiger partial charge in [0, 0.05) is 6.42 Å². The molecule has 0 saturated carbocycles. The molecule has 2 aromatic rings. The fourth-order valence-electron chi connectivity index (χ4n) is 3.22. The van der Waals surface area contributed by atoms with E-state index in [9.17, 15) is 13.2 Å². The van der Waals surface area contributed by atoms with Gasteiger partial charge >= 0.3 is 6.36 Å². The van der Waals surface area contributed by atoms with Gasteiger partial charge in [0.05, 0.1) is 0 Å². The van der Waals surface area contributed by atoms with Crippen molar-refractivity contribution in [1.82, 2.24) is 0 Å². The Morgan fingerprint density at radius 1 is 1.04 bits per heavy atom. The van der Waals surface area contributed by atoms with Crippen molar-refractivity contribution >= 4 is 0 Å². The van der Waals surface area contributed by atoms with Gasteiger partial charge in [0.25, 0.3) is 0 Å². The first-order valence-electron chi connectivity index (χ1n) is 9.08. The highest BCUT2D eigenvalue weighted by molar-refractivity contribution is 5.66. The molecule has 1 heterocycles. The number of hydrogen-bond acceptors (Lipinski definition) is 2. The van der Waals surface area contributed by atoms with Crippen LogP contribution in [0.3, 0.4) is 0 Å². The van der Waals surface area contributed by atoms with Crippen molar-refractivity contribution in [2.45, 2.75) is 58.1 Å². The van der Waals surface area contributed by atoms with Crippen LogP contribution in [0, 0.1) is 0 Å². The zero-order chi connectivity index (χ0) is 18.6. The minimum absolute atomic E-state index is 0.187. The van der Waals surface area contributed by atoms with E-state index in [1.54, 1.807) is 6.07 Å². The molecule has 0 N–H and O–H groups in total. The first kappa shape index (κ1) is 18.8. The molecule has 0 spiro atoms. The van der Waals surface area contributed by atoms with Crippen molar-refractivity contribution in [3.63, 3.8) is 0 Å². The van der Waals surface area contributed by atoms with Gasteiger partial charge in [-0.05, 0) is 53.6 Å². The summed E-state index contributed by atoms with van der Waals surface area (Å²) in [5.74, 6) is 0.463. The lowest BCUT2D eigenvalue weighted by atomic mass is 9.97. The van der Waals surface area contributed by atoms with Gasteiger partial charge in [0.2, 0.25) is 6.29 Å². The molecule has 1 aliphatic rings. The average molecular weight is 364 g/mol. The Kier molecular flexibility index (Phi) is 5.87. The van der Waals surface area contributed by atoms with E-state index in [-0.39, 0.29) is 6.42 Å². The lowest BCUT2D eigenvalue weighted by molar-refractivity contribution is -0.369. The zero-order valence-corrected chi connectivity index (χ0v) is 14.8. The predicted molar refractivity (Wildman–Crippen MR) is 95.0 cm³/mol. The Hall–Kier alpha value is -2.01. The van der Waals surface area contributed by atoms with Gasteiger partial charge in [-0.15, -0.1) is 13.2 Å². The molecule has 1 atom stereocenters. The number of fused-ring (bicyclic) bond motifs is 1. The summed E-state index contributed by atoms with van der Waals surface area (Å²) in [6, 6.07) is 14.1. The number of benzene rings is 2. The molecule has 1 unspecified atom stereocenters. The summed E-state index contributed by atoms with van der Waals surface area (Å²) < 4.78 is 46.3. The molecule has 2 nitrogen and oxygen atoms in total. The van der Waals surface area contributed by atoms with E-state index < -0.39 is 12.7 Å². The molecule has 0 bridgehead atoms. The van der Waals surface area contributed by atoms with E-state index in [0.29, 0.717) is 12.2 Å². The third-order valence-electron chi connectivity index (χ3n) is 4.59. The van der Waals surface area contributed by atoms with Crippen LogP contribution >= 0.6 is 0 Å². The minimum Gasteiger partial charge on any atom is -0.464 e. The van der Waals surface area contributed by atoms with Crippen LogP contribution in [-0.4, -0.2) is 12.7 Å². The fourth-order valence-corrected chi connectivity index (χ4v) is 3.22. The molecule has 140 valence electrons. The zero-order valence-electron chi connectivity index (χ0n) is 14.8. The number of halogens is 3. The van der Waals surface area contributed by atoms with Crippen LogP contribution in [-0.2, 0) is 17.6 Å². The maximum absolute atomic E-state index is 12.3. The van der Waals surface area contributed by atoms with E-state index in [1.165, 1.54) is 24.8 Å². The molecule has 1 aliphatic heterocycles.